The van der Waals surface area contributed by atoms with Crippen molar-refractivity contribution in [3.63, 3.8) is 0 Å². The zero-order valence-corrected chi connectivity index (χ0v) is 15.9. The van der Waals surface area contributed by atoms with Crippen molar-refractivity contribution in [2.75, 3.05) is 26.2 Å². The Bertz CT molecular complexity index is 832. The number of hydrogen-bond donors (Lipinski definition) is 0. The van der Waals surface area contributed by atoms with Crippen molar-refractivity contribution in [1.82, 2.24) is 24.8 Å². The van der Waals surface area contributed by atoms with Gasteiger partial charge in [-0.25, -0.2) is 4.68 Å². The molecule has 1 saturated carbocycles. The number of carbonyl (C=O) groups is 2. The summed E-state index contributed by atoms with van der Waals surface area (Å²) >= 11 is 0. The van der Waals surface area contributed by atoms with Crippen LogP contribution in [0.4, 0.5) is 0 Å². The van der Waals surface area contributed by atoms with Crippen LogP contribution in [0.5, 0.6) is 0 Å². The maximum atomic E-state index is 12.8. The average molecular weight is 369 g/mol. The number of piperazine rings is 1. The van der Waals surface area contributed by atoms with Crippen LogP contribution in [0.1, 0.15) is 48.9 Å². The summed E-state index contributed by atoms with van der Waals surface area (Å²) < 4.78 is 1.69. The largest absolute Gasteiger partial charge is 0.339 e. The van der Waals surface area contributed by atoms with E-state index in [1.165, 1.54) is 25.7 Å². The molecule has 1 aliphatic carbocycles. The number of aryl methyl sites for hydroxylation is 1. The van der Waals surface area contributed by atoms with E-state index in [1.807, 2.05) is 29.0 Å². The third kappa shape index (κ3) is 3.82. The SMILES string of the molecule is Cn1nnc2cc(C(=O)N3CCN(C(=O)CCC4CCCC4)CC3)ccc21. The van der Waals surface area contributed by atoms with Gasteiger partial charge in [-0.2, -0.15) is 0 Å². The van der Waals surface area contributed by atoms with Crippen LogP contribution in [0, 0.1) is 5.92 Å². The minimum Gasteiger partial charge on any atom is -0.339 e. The van der Waals surface area contributed by atoms with Crippen LogP contribution in [0.3, 0.4) is 0 Å². The Labute approximate surface area is 159 Å². The Hall–Kier alpha value is -2.44. The summed E-state index contributed by atoms with van der Waals surface area (Å²) in [5.74, 6) is 0.989. The molecule has 7 nitrogen and oxygen atoms in total. The molecule has 1 aliphatic heterocycles. The zero-order valence-electron chi connectivity index (χ0n) is 15.9. The molecule has 2 amide bonds. The highest BCUT2D eigenvalue weighted by atomic mass is 16.2. The van der Waals surface area contributed by atoms with Crippen molar-refractivity contribution in [3.8, 4) is 0 Å². The van der Waals surface area contributed by atoms with Gasteiger partial charge in [0.2, 0.25) is 5.91 Å². The Morgan fingerprint density at radius 2 is 1.78 bits per heavy atom. The Morgan fingerprint density at radius 1 is 1.07 bits per heavy atom. The molecule has 0 spiro atoms. The van der Waals surface area contributed by atoms with Crippen LogP contribution in [-0.2, 0) is 11.8 Å². The van der Waals surface area contributed by atoms with E-state index in [1.54, 1.807) is 10.7 Å². The van der Waals surface area contributed by atoms with Crippen molar-refractivity contribution < 1.29 is 9.59 Å². The van der Waals surface area contributed by atoms with E-state index >= 15 is 0 Å². The highest BCUT2D eigenvalue weighted by molar-refractivity contribution is 5.97. The first kappa shape index (κ1) is 17.9. The van der Waals surface area contributed by atoms with Gasteiger partial charge in [0.15, 0.2) is 0 Å². The van der Waals surface area contributed by atoms with Crippen molar-refractivity contribution in [2.24, 2.45) is 13.0 Å². The van der Waals surface area contributed by atoms with Crippen molar-refractivity contribution in [2.45, 2.75) is 38.5 Å². The zero-order chi connectivity index (χ0) is 18.8. The molecule has 2 heterocycles. The summed E-state index contributed by atoms with van der Waals surface area (Å²) in [4.78, 5) is 29.0. The van der Waals surface area contributed by atoms with Gasteiger partial charge in [0, 0.05) is 45.2 Å². The van der Waals surface area contributed by atoms with Crippen LogP contribution in [0.15, 0.2) is 18.2 Å². The first-order chi connectivity index (χ1) is 13.1. The Balaban J connectivity index is 1.31. The second kappa shape index (κ2) is 7.66. The van der Waals surface area contributed by atoms with E-state index < -0.39 is 0 Å². The molecule has 0 atom stereocenters. The number of rotatable bonds is 4. The van der Waals surface area contributed by atoms with Crippen LogP contribution in [0.2, 0.25) is 0 Å². The van der Waals surface area contributed by atoms with Crippen LogP contribution < -0.4 is 0 Å². The molecule has 1 saturated heterocycles. The Kier molecular flexibility index (Phi) is 5.09. The molecule has 0 unspecified atom stereocenters. The highest BCUT2D eigenvalue weighted by Crippen LogP contribution is 2.28. The number of benzene rings is 1. The molecule has 4 rings (SSSR count). The van der Waals surface area contributed by atoms with Gasteiger partial charge in [-0.3, -0.25) is 9.59 Å². The molecule has 2 aromatic rings. The average Bonchev–Trinajstić information content (AvgIpc) is 3.35. The van der Waals surface area contributed by atoms with E-state index in [4.69, 9.17) is 0 Å². The second-order valence-electron chi connectivity index (χ2n) is 7.78. The van der Waals surface area contributed by atoms with E-state index in [9.17, 15) is 9.59 Å². The molecule has 1 aromatic heterocycles. The maximum absolute atomic E-state index is 12.8. The molecule has 0 N–H and O–H groups in total. The predicted octanol–water partition coefficient (Wildman–Crippen LogP) is 2.22. The summed E-state index contributed by atoms with van der Waals surface area (Å²) in [5, 5.41) is 8.07. The lowest BCUT2D eigenvalue weighted by atomic mass is 10.0. The smallest absolute Gasteiger partial charge is 0.254 e. The van der Waals surface area contributed by atoms with E-state index in [0.29, 0.717) is 38.2 Å². The van der Waals surface area contributed by atoms with E-state index in [2.05, 4.69) is 10.3 Å². The molecule has 144 valence electrons. The lowest BCUT2D eigenvalue weighted by Crippen LogP contribution is -2.50. The van der Waals surface area contributed by atoms with Gasteiger partial charge >= 0.3 is 0 Å². The molecule has 2 aliphatic rings. The van der Waals surface area contributed by atoms with Gasteiger partial charge in [-0.1, -0.05) is 30.9 Å². The molecule has 1 aromatic carbocycles. The first-order valence-corrected chi connectivity index (χ1v) is 9.98. The highest BCUT2D eigenvalue weighted by Gasteiger charge is 2.26. The third-order valence-electron chi connectivity index (χ3n) is 6.02. The lowest BCUT2D eigenvalue weighted by Gasteiger charge is -2.35. The van der Waals surface area contributed by atoms with Gasteiger partial charge < -0.3 is 9.80 Å². The minimum absolute atomic E-state index is 0.000563. The summed E-state index contributed by atoms with van der Waals surface area (Å²) in [6, 6.07) is 5.50. The van der Waals surface area contributed by atoms with Crippen LogP contribution in [-0.4, -0.2) is 62.8 Å². The van der Waals surface area contributed by atoms with Crippen LogP contribution >= 0.6 is 0 Å². The molecule has 27 heavy (non-hydrogen) atoms. The molecule has 0 radical (unpaired) electrons. The minimum atomic E-state index is 0.000563. The van der Waals surface area contributed by atoms with Crippen LogP contribution in [0.25, 0.3) is 11.0 Å². The van der Waals surface area contributed by atoms with Gasteiger partial charge in [0.1, 0.15) is 5.52 Å². The lowest BCUT2D eigenvalue weighted by molar-refractivity contribution is -0.133. The van der Waals surface area contributed by atoms with E-state index in [0.717, 1.165) is 23.4 Å². The summed E-state index contributed by atoms with van der Waals surface area (Å²) in [5.41, 5.74) is 2.26. The predicted molar refractivity (Wildman–Crippen MR) is 102 cm³/mol. The molecule has 2 fully saturated rings. The third-order valence-corrected chi connectivity index (χ3v) is 6.02. The topological polar surface area (TPSA) is 71.3 Å². The number of fused-ring (bicyclic) bond motifs is 1. The summed E-state index contributed by atoms with van der Waals surface area (Å²) in [6.45, 7) is 2.43. The van der Waals surface area contributed by atoms with Gasteiger partial charge in [-0.05, 0) is 30.5 Å². The standard InChI is InChI=1S/C20H27N5O2/c1-23-18-8-7-16(14-17(18)21-22-23)20(27)25-12-10-24(11-13-25)19(26)9-6-15-4-2-3-5-15/h7-8,14-15H,2-6,9-13H2,1H3. The van der Waals surface area contributed by atoms with Gasteiger partial charge in [0.25, 0.3) is 5.91 Å². The van der Waals surface area contributed by atoms with Gasteiger partial charge in [0.05, 0.1) is 5.52 Å². The number of amides is 2. The number of aromatic nitrogens is 3. The molecule has 7 heteroatoms. The first-order valence-electron chi connectivity index (χ1n) is 9.98. The number of carbonyl (C=O) groups excluding carboxylic acids is 2. The second-order valence-corrected chi connectivity index (χ2v) is 7.78. The summed E-state index contributed by atoms with van der Waals surface area (Å²) in [6.07, 6.45) is 6.88. The molecular weight excluding hydrogens is 342 g/mol. The normalized spacial score (nSPS) is 18.4. The van der Waals surface area contributed by atoms with Crippen molar-refractivity contribution in [1.29, 1.82) is 0 Å². The maximum Gasteiger partial charge on any atom is 0.254 e. The molecular formula is C20H27N5O2. The fourth-order valence-corrected chi connectivity index (χ4v) is 4.30. The summed E-state index contributed by atoms with van der Waals surface area (Å²) in [7, 11) is 1.83. The fourth-order valence-electron chi connectivity index (χ4n) is 4.30. The monoisotopic (exact) mass is 369 g/mol. The van der Waals surface area contributed by atoms with Crippen molar-refractivity contribution in [3.05, 3.63) is 23.8 Å². The fraction of sp³-hybridized carbons (Fsp3) is 0.600. The molecule has 0 bridgehead atoms. The Morgan fingerprint density at radius 3 is 2.52 bits per heavy atom. The number of nitrogens with zero attached hydrogens (tertiary/aromatic N) is 5. The van der Waals surface area contributed by atoms with Gasteiger partial charge in [-0.15, -0.1) is 5.10 Å². The van der Waals surface area contributed by atoms with Crippen molar-refractivity contribution >= 4 is 22.8 Å². The number of hydrogen-bond acceptors (Lipinski definition) is 4. The van der Waals surface area contributed by atoms with E-state index in [-0.39, 0.29) is 11.8 Å². The quantitative estimate of drug-likeness (QED) is 0.828.